The molecule has 0 atom stereocenters. The molecule has 7 nitrogen and oxygen atoms in total. The predicted molar refractivity (Wildman–Crippen MR) is 148 cm³/mol. The van der Waals surface area contributed by atoms with Gasteiger partial charge in [-0.1, -0.05) is 25.1 Å². The van der Waals surface area contributed by atoms with Crippen molar-refractivity contribution in [2.45, 2.75) is 19.3 Å². The van der Waals surface area contributed by atoms with Gasteiger partial charge < -0.3 is 10.3 Å². The maximum absolute atomic E-state index is 13.5. The van der Waals surface area contributed by atoms with Crippen LogP contribution in [0.5, 0.6) is 0 Å². The molecule has 1 aliphatic carbocycles. The van der Waals surface area contributed by atoms with Crippen molar-refractivity contribution in [1.82, 2.24) is 30.1 Å². The maximum atomic E-state index is 13.5. The lowest BCUT2D eigenvalue weighted by molar-refractivity contribution is 0.371. The van der Waals surface area contributed by atoms with Crippen LogP contribution >= 0.6 is 0 Å². The van der Waals surface area contributed by atoms with Gasteiger partial charge in [0.05, 0.1) is 28.8 Å². The van der Waals surface area contributed by atoms with E-state index in [1.807, 2.05) is 42.7 Å². The largest absolute Gasteiger partial charge is 0.358 e. The minimum absolute atomic E-state index is 0.265. The summed E-state index contributed by atoms with van der Waals surface area (Å²) in [5, 5.41) is 12.0. The summed E-state index contributed by atoms with van der Waals surface area (Å²) in [6.45, 7) is 4.21. The molecule has 0 amide bonds. The van der Waals surface area contributed by atoms with Crippen LogP contribution in [0.25, 0.3) is 55.8 Å². The van der Waals surface area contributed by atoms with Crippen LogP contribution in [0.15, 0.2) is 85.5 Å². The minimum Gasteiger partial charge on any atom is -0.358 e. The van der Waals surface area contributed by atoms with E-state index >= 15 is 0 Å². The lowest BCUT2D eigenvalue weighted by Crippen LogP contribution is -2.18. The van der Waals surface area contributed by atoms with E-state index in [4.69, 9.17) is 4.98 Å². The Hall–Kier alpha value is -4.85. The van der Waals surface area contributed by atoms with Gasteiger partial charge in [-0.15, -0.1) is 0 Å². The van der Waals surface area contributed by atoms with E-state index in [2.05, 4.69) is 37.0 Å². The fraction of sp³-hybridized carbons (Fsp3) is 0.133. The fourth-order valence-electron chi connectivity index (χ4n) is 4.98. The van der Waals surface area contributed by atoms with Gasteiger partial charge in [-0.2, -0.15) is 5.10 Å². The van der Waals surface area contributed by atoms with Gasteiger partial charge in [0.1, 0.15) is 22.7 Å². The van der Waals surface area contributed by atoms with Gasteiger partial charge in [-0.05, 0) is 72.4 Å². The van der Waals surface area contributed by atoms with Crippen molar-refractivity contribution < 1.29 is 4.39 Å². The molecule has 1 fully saturated rings. The average molecular weight is 502 g/mol. The minimum atomic E-state index is -0.265. The second-order valence-corrected chi connectivity index (χ2v) is 9.72. The maximum Gasteiger partial charge on any atom is 0.138 e. The molecule has 0 spiro atoms. The van der Waals surface area contributed by atoms with E-state index in [1.165, 1.54) is 31.4 Å². The Kier molecular flexibility index (Phi) is 5.25. The number of pyridine rings is 3. The van der Waals surface area contributed by atoms with Crippen LogP contribution in [-0.2, 0) is 0 Å². The molecule has 0 saturated heterocycles. The number of anilines is 1. The summed E-state index contributed by atoms with van der Waals surface area (Å²) < 4.78 is 13.5. The highest BCUT2D eigenvalue weighted by Gasteiger charge is 2.21. The highest BCUT2D eigenvalue weighted by atomic mass is 19.1. The Bertz CT molecular complexity index is 1810. The Morgan fingerprint density at radius 1 is 1.00 bits per heavy atom. The van der Waals surface area contributed by atoms with Crippen LogP contribution in [0.1, 0.15) is 19.3 Å². The van der Waals surface area contributed by atoms with E-state index in [0.717, 1.165) is 61.5 Å². The average Bonchev–Trinajstić information content (AvgIpc) is 3.52. The van der Waals surface area contributed by atoms with Gasteiger partial charge >= 0.3 is 0 Å². The first-order valence-electron chi connectivity index (χ1n) is 12.6. The molecule has 7 rings (SSSR count). The third kappa shape index (κ3) is 3.91. The highest BCUT2D eigenvalue weighted by molar-refractivity contribution is 5.99. The quantitative estimate of drug-likeness (QED) is 0.226. The van der Waals surface area contributed by atoms with Crippen LogP contribution in [0.3, 0.4) is 0 Å². The number of allylic oxidation sites excluding steroid dienone is 1. The normalized spacial score (nSPS) is 13.6. The molecule has 5 heterocycles. The molecule has 0 radical (unpaired) electrons. The van der Waals surface area contributed by atoms with Gasteiger partial charge in [-0.25, -0.2) is 14.4 Å². The fourth-order valence-corrected chi connectivity index (χ4v) is 4.98. The van der Waals surface area contributed by atoms with Gasteiger partial charge in [0.2, 0.25) is 0 Å². The molecule has 5 aromatic heterocycles. The van der Waals surface area contributed by atoms with Crippen molar-refractivity contribution in [3.05, 3.63) is 91.3 Å². The summed E-state index contributed by atoms with van der Waals surface area (Å²) in [5.74, 6) is 0.273. The number of nitrogens with zero attached hydrogens (tertiary/aromatic N) is 4. The lowest BCUT2D eigenvalue weighted by Gasteiger charge is -2.28. The van der Waals surface area contributed by atoms with Crippen molar-refractivity contribution in [2.24, 2.45) is 5.92 Å². The SMILES string of the molecule is C=C(Nc1cncc(-c2ccc3[nH]nc(-c4cc5c(-c6ccc(F)cc6)ccnc5[nH]4)c3n2)c1)C1CCC1. The van der Waals surface area contributed by atoms with E-state index < -0.39 is 0 Å². The van der Waals surface area contributed by atoms with Crippen LogP contribution < -0.4 is 5.32 Å². The van der Waals surface area contributed by atoms with E-state index in [-0.39, 0.29) is 5.82 Å². The van der Waals surface area contributed by atoms with Crippen LogP contribution in [-0.4, -0.2) is 30.1 Å². The first-order chi connectivity index (χ1) is 18.6. The third-order valence-corrected chi connectivity index (χ3v) is 7.29. The molecular formula is C30H24FN7. The number of nitrogens with one attached hydrogen (secondary N) is 3. The summed E-state index contributed by atoms with van der Waals surface area (Å²) >= 11 is 0. The summed E-state index contributed by atoms with van der Waals surface area (Å²) in [5.41, 5.74) is 9.32. The molecule has 0 bridgehead atoms. The standard InChI is InChI=1S/C30H24FN7/c1-17(18-3-2-4-18)34-22-13-20(15-32-16-22)25-9-10-26-28(35-25)29(38-37-26)27-14-24-23(11-12-33-30(24)36-27)19-5-7-21(31)8-6-19/h5-16,18,34H,1-4H2,(H,33,36)(H,37,38). The number of aromatic nitrogens is 6. The summed E-state index contributed by atoms with van der Waals surface area (Å²) in [4.78, 5) is 17.3. The molecule has 1 aromatic carbocycles. The van der Waals surface area contributed by atoms with E-state index in [9.17, 15) is 4.39 Å². The van der Waals surface area contributed by atoms with Gasteiger partial charge in [-0.3, -0.25) is 10.1 Å². The molecule has 186 valence electrons. The van der Waals surface area contributed by atoms with Crippen molar-refractivity contribution in [3.63, 3.8) is 0 Å². The zero-order chi connectivity index (χ0) is 25.6. The van der Waals surface area contributed by atoms with Gasteiger partial charge in [0.25, 0.3) is 0 Å². The molecular weight excluding hydrogens is 477 g/mol. The number of aromatic amines is 2. The number of benzene rings is 1. The number of fused-ring (bicyclic) bond motifs is 2. The number of rotatable bonds is 6. The zero-order valence-electron chi connectivity index (χ0n) is 20.5. The Morgan fingerprint density at radius 2 is 1.87 bits per heavy atom. The molecule has 38 heavy (non-hydrogen) atoms. The second-order valence-electron chi connectivity index (χ2n) is 9.72. The van der Waals surface area contributed by atoms with Gasteiger partial charge in [0, 0.05) is 29.0 Å². The number of H-pyrrole nitrogens is 2. The number of halogens is 1. The Morgan fingerprint density at radius 3 is 2.68 bits per heavy atom. The second kappa shape index (κ2) is 8.92. The number of hydrogen-bond acceptors (Lipinski definition) is 5. The van der Waals surface area contributed by atoms with Crippen molar-refractivity contribution in [1.29, 1.82) is 0 Å². The third-order valence-electron chi connectivity index (χ3n) is 7.29. The van der Waals surface area contributed by atoms with E-state index in [1.54, 1.807) is 18.3 Å². The lowest BCUT2D eigenvalue weighted by atomic mass is 9.83. The van der Waals surface area contributed by atoms with E-state index in [0.29, 0.717) is 11.6 Å². The topological polar surface area (TPSA) is 95.2 Å². The van der Waals surface area contributed by atoms with Crippen LogP contribution in [0.4, 0.5) is 10.1 Å². The molecule has 0 unspecified atom stereocenters. The molecule has 1 aliphatic rings. The van der Waals surface area contributed by atoms with Crippen LogP contribution in [0.2, 0.25) is 0 Å². The summed E-state index contributed by atoms with van der Waals surface area (Å²) in [6, 6.07) is 16.4. The predicted octanol–water partition coefficient (Wildman–Crippen LogP) is 7.10. The van der Waals surface area contributed by atoms with Gasteiger partial charge in [0.15, 0.2) is 0 Å². The first kappa shape index (κ1) is 22.4. The Labute approximate surface area is 217 Å². The molecule has 3 N–H and O–H groups in total. The molecule has 8 heteroatoms. The summed E-state index contributed by atoms with van der Waals surface area (Å²) in [6.07, 6.45) is 9.01. The molecule has 6 aromatic rings. The van der Waals surface area contributed by atoms with Crippen LogP contribution in [0, 0.1) is 11.7 Å². The Balaban J connectivity index is 1.26. The zero-order valence-corrected chi connectivity index (χ0v) is 20.5. The number of hydrogen-bond donors (Lipinski definition) is 3. The van der Waals surface area contributed by atoms with Crippen molar-refractivity contribution in [3.8, 4) is 33.8 Å². The molecule has 0 aliphatic heterocycles. The monoisotopic (exact) mass is 501 g/mol. The first-order valence-corrected chi connectivity index (χ1v) is 12.6. The highest BCUT2D eigenvalue weighted by Crippen LogP contribution is 2.35. The smallest absolute Gasteiger partial charge is 0.138 e. The summed E-state index contributed by atoms with van der Waals surface area (Å²) in [7, 11) is 0. The van der Waals surface area contributed by atoms with Crippen molar-refractivity contribution >= 4 is 27.8 Å². The molecule has 1 saturated carbocycles. The van der Waals surface area contributed by atoms with Crippen molar-refractivity contribution in [2.75, 3.05) is 5.32 Å².